The fourth-order valence-electron chi connectivity index (χ4n) is 1.66. The summed E-state index contributed by atoms with van der Waals surface area (Å²) in [5.74, 6) is -0.260. The maximum Gasteiger partial charge on any atom is 0.272 e. The van der Waals surface area contributed by atoms with Crippen molar-refractivity contribution in [1.29, 1.82) is 0 Å². The van der Waals surface area contributed by atoms with Gasteiger partial charge < -0.3 is 10.6 Å². The van der Waals surface area contributed by atoms with E-state index in [1.165, 1.54) is 6.07 Å². The Kier molecular flexibility index (Phi) is 5.44. The second-order valence-corrected chi connectivity index (χ2v) is 4.46. The van der Waals surface area contributed by atoms with Crippen molar-refractivity contribution in [3.05, 3.63) is 33.9 Å². The molecule has 1 amide bonds. The first-order chi connectivity index (χ1) is 8.95. The lowest BCUT2D eigenvalue weighted by molar-refractivity contribution is -0.385. The minimum Gasteiger partial charge on any atom is -0.326 e. The Morgan fingerprint density at radius 3 is 2.68 bits per heavy atom. The van der Waals surface area contributed by atoms with Crippen molar-refractivity contribution in [2.75, 3.05) is 18.4 Å². The van der Waals surface area contributed by atoms with E-state index in [0.29, 0.717) is 17.8 Å². The zero-order chi connectivity index (χ0) is 14.4. The first kappa shape index (κ1) is 15.1. The lowest BCUT2D eigenvalue weighted by atomic mass is 10.1. The molecule has 0 radical (unpaired) electrons. The quantitative estimate of drug-likeness (QED) is 0.609. The maximum absolute atomic E-state index is 11.9. The molecular weight excluding hydrogens is 246 g/mol. The topological polar surface area (TPSA) is 84.3 Å². The van der Waals surface area contributed by atoms with Crippen LogP contribution in [0.2, 0.25) is 0 Å². The van der Waals surface area contributed by atoms with E-state index in [2.05, 4.69) is 10.6 Å². The molecule has 0 aliphatic heterocycles. The van der Waals surface area contributed by atoms with Crippen LogP contribution in [0, 0.1) is 23.0 Å². The maximum atomic E-state index is 11.9. The molecule has 1 atom stereocenters. The van der Waals surface area contributed by atoms with Gasteiger partial charge in [-0.05, 0) is 25.6 Å². The summed E-state index contributed by atoms with van der Waals surface area (Å²) in [7, 11) is 0. The van der Waals surface area contributed by atoms with Crippen LogP contribution in [0.5, 0.6) is 0 Å². The van der Waals surface area contributed by atoms with Gasteiger partial charge in [0.1, 0.15) is 0 Å². The minimum atomic E-state index is -0.436. The molecule has 0 bridgehead atoms. The molecule has 0 heterocycles. The van der Waals surface area contributed by atoms with Gasteiger partial charge in [0, 0.05) is 29.8 Å². The zero-order valence-electron chi connectivity index (χ0n) is 11.4. The molecule has 0 aliphatic rings. The fourth-order valence-corrected chi connectivity index (χ4v) is 1.66. The van der Waals surface area contributed by atoms with Crippen molar-refractivity contribution in [2.24, 2.45) is 5.92 Å². The number of carbonyl (C=O) groups is 1. The summed E-state index contributed by atoms with van der Waals surface area (Å²) in [6.07, 6.45) is 0. The van der Waals surface area contributed by atoms with Crippen LogP contribution in [-0.2, 0) is 4.79 Å². The lowest BCUT2D eigenvalue weighted by Crippen LogP contribution is -2.30. The summed E-state index contributed by atoms with van der Waals surface area (Å²) in [5, 5.41) is 16.5. The standard InChI is InChI=1S/C13H19N3O3/c1-4-14-8-10(3)13(17)15-11-5-6-12(16(18)19)9(2)7-11/h5-7,10,14H,4,8H2,1-3H3,(H,15,17). The van der Waals surface area contributed by atoms with Crippen molar-refractivity contribution in [1.82, 2.24) is 5.32 Å². The molecule has 0 saturated heterocycles. The van der Waals surface area contributed by atoms with Gasteiger partial charge in [0.25, 0.3) is 5.69 Å². The monoisotopic (exact) mass is 265 g/mol. The number of nitro groups is 1. The molecule has 0 aliphatic carbocycles. The molecule has 2 N–H and O–H groups in total. The first-order valence-corrected chi connectivity index (χ1v) is 6.22. The van der Waals surface area contributed by atoms with E-state index >= 15 is 0 Å². The number of carbonyl (C=O) groups excluding carboxylic acids is 1. The first-order valence-electron chi connectivity index (χ1n) is 6.22. The highest BCUT2D eigenvalue weighted by molar-refractivity contribution is 5.92. The molecule has 19 heavy (non-hydrogen) atoms. The van der Waals surface area contributed by atoms with E-state index in [4.69, 9.17) is 0 Å². The van der Waals surface area contributed by atoms with E-state index in [1.54, 1.807) is 19.1 Å². The van der Waals surface area contributed by atoms with E-state index < -0.39 is 4.92 Å². The number of rotatable bonds is 6. The van der Waals surface area contributed by atoms with Crippen LogP contribution >= 0.6 is 0 Å². The Morgan fingerprint density at radius 2 is 2.16 bits per heavy atom. The molecule has 6 nitrogen and oxygen atoms in total. The van der Waals surface area contributed by atoms with E-state index in [9.17, 15) is 14.9 Å². The Balaban J connectivity index is 2.70. The van der Waals surface area contributed by atoms with Gasteiger partial charge in [-0.2, -0.15) is 0 Å². The van der Waals surface area contributed by atoms with Crippen LogP contribution in [0.25, 0.3) is 0 Å². The number of amides is 1. The third-order valence-corrected chi connectivity index (χ3v) is 2.81. The molecule has 1 unspecified atom stereocenters. The van der Waals surface area contributed by atoms with Gasteiger partial charge in [-0.3, -0.25) is 14.9 Å². The number of nitrogens with one attached hydrogen (secondary N) is 2. The van der Waals surface area contributed by atoms with Crippen molar-refractivity contribution >= 4 is 17.3 Å². The summed E-state index contributed by atoms with van der Waals surface area (Å²) >= 11 is 0. The van der Waals surface area contributed by atoms with Crippen molar-refractivity contribution in [3.63, 3.8) is 0 Å². The molecule has 1 aromatic carbocycles. The Morgan fingerprint density at radius 1 is 1.47 bits per heavy atom. The van der Waals surface area contributed by atoms with Crippen molar-refractivity contribution in [3.8, 4) is 0 Å². The van der Waals surface area contributed by atoms with E-state index in [0.717, 1.165) is 6.54 Å². The second-order valence-electron chi connectivity index (χ2n) is 4.46. The SMILES string of the molecule is CCNCC(C)C(=O)Nc1ccc([N+](=O)[O-])c(C)c1. The summed E-state index contributed by atoms with van der Waals surface area (Å²) in [6.45, 7) is 6.87. The third-order valence-electron chi connectivity index (χ3n) is 2.81. The average Bonchev–Trinajstić information content (AvgIpc) is 2.35. The minimum absolute atomic E-state index is 0.0543. The highest BCUT2D eigenvalue weighted by atomic mass is 16.6. The molecule has 0 fully saturated rings. The van der Waals surface area contributed by atoms with E-state index in [1.807, 2.05) is 13.8 Å². The Labute approximate surface area is 112 Å². The number of benzene rings is 1. The summed E-state index contributed by atoms with van der Waals surface area (Å²) in [5.41, 5.74) is 1.16. The zero-order valence-corrected chi connectivity index (χ0v) is 11.4. The number of aryl methyl sites for hydroxylation is 1. The largest absolute Gasteiger partial charge is 0.326 e. The predicted octanol–water partition coefficient (Wildman–Crippen LogP) is 2.09. The molecule has 1 aromatic rings. The number of hydrogen-bond acceptors (Lipinski definition) is 4. The molecular formula is C13H19N3O3. The number of anilines is 1. The van der Waals surface area contributed by atoms with Crippen molar-refractivity contribution in [2.45, 2.75) is 20.8 Å². The summed E-state index contributed by atoms with van der Waals surface area (Å²) in [4.78, 5) is 22.1. The molecule has 0 saturated carbocycles. The number of nitrogens with zero attached hydrogens (tertiary/aromatic N) is 1. The highest BCUT2D eigenvalue weighted by Crippen LogP contribution is 2.21. The van der Waals surface area contributed by atoms with Crippen LogP contribution in [0.1, 0.15) is 19.4 Å². The smallest absolute Gasteiger partial charge is 0.272 e. The van der Waals surface area contributed by atoms with Gasteiger partial charge in [-0.25, -0.2) is 0 Å². The van der Waals surface area contributed by atoms with Gasteiger partial charge in [-0.15, -0.1) is 0 Å². The van der Waals surface area contributed by atoms with Crippen LogP contribution in [0.4, 0.5) is 11.4 Å². The van der Waals surface area contributed by atoms with Gasteiger partial charge >= 0.3 is 0 Å². The Hall–Kier alpha value is -1.95. The molecule has 0 spiro atoms. The molecule has 1 rings (SSSR count). The molecule has 6 heteroatoms. The number of nitro benzene ring substituents is 1. The summed E-state index contributed by atoms with van der Waals surface area (Å²) in [6, 6.07) is 4.55. The summed E-state index contributed by atoms with van der Waals surface area (Å²) < 4.78 is 0. The highest BCUT2D eigenvalue weighted by Gasteiger charge is 2.14. The lowest BCUT2D eigenvalue weighted by Gasteiger charge is -2.12. The van der Waals surface area contributed by atoms with Crippen LogP contribution in [-0.4, -0.2) is 23.9 Å². The van der Waals surface area contributed by atoms with Crippen LogP contribution < -0.4 is 10.6 Å². The predicted molar refractivity (Wildman–Crippen MR) is 74.2 cm³/mol. The Bertz CT molecular complexity index is 474. The average molecular weight is 265 g/mol. The van der Waals surface area contributed by atoms with Crippen LogP contribution in [0.15, 0.2) is 18.2 Å². The molecule has 0 aromatic heterocycles. The number of hydrogen-bond donors (Lipinski definition) is 2. The fraction of sp³-hybridized carbons (Fsp3) is 0.462. The van der Waals surface area contributed by atoms with Gasteiger partial charge in [-0.1, -0.05) is 13.8 Å². The van der Waals surface area contributed by atoms with Gasteiger partial charge in [0.2, 0.25) is 5.91 Å². The normalized spacial score (nSPS) is 11.9. The molecule has 104 valence electrons. The van der Waals surface area contributed by atoms with E-state index in [-0.39, 0.29) is 17.5 Å². The van der Waals surface area contributed by atoms with Gasteiger partial charge in [0.15, 0.2) is 0 Å². The third kappa shape index (κ3) is 4.33. The van der Waals surface area contributed by atoms with Crippen molar-refractivity contribution < 1.29 is 9.72 Å². The van der Waals surface area contributed by atoms with Gasteiger partial charge in [0.05, 0.1) is 4.92 Å². The van der Waals surface area contributed by atoms with Crippen LogP contribution in [0.3, 0.4) is 0 Å². The second kappa shape index (κ2) is 6.84.